The average molecular weight is 811 g/mol. The normalized spacial score (nSPS) is 11.6. The van der Waals surface area contributed by atoms with Crippen LogP contribution in [0.15, 0.2) is 66.4 Å². The summed E-state index contributed by atoms with van der Waals surface area (Å²) in [4.78, 5) is 47.6. The van der Waals surface area contributed by atoms with Crippen LogP contribution in [-0.2, 0) is 9.47 Å². The standard InChI is InChI=1S/C17H16Br2O3.C12H4Br2O3.CH4.B/c1-3-4-9-22-17(21)12-6-8-14(19)16-13(18)7-5-11(10(2)20)15(12)16;13-7-3-1-5-9-6(12(16)17-11(5)15)2-4-8(14)10(7)9;;/h5-8H,3-4,9H2,1-2H3;1-4H;1H4;. The molecule has 211 valence electrons. The van der Waals surface area contributed by atoms with Crippen molar-refractivity contribution < 1.29 is 28.7 Å². The summed E-state index contributed by atoms with van der Waals surface area (Å²) in [7, 11) is 0. The molecule has 6 nitrogen and oxygen atoms in total. The summed E-state index contributed by atoms with van der Waals surface area (Å²) >= 11 is 13.8. The number of carbonyl (C=O) groups is 4. The molecular weight excluding hydrogens is 787 g/mol. The lowest BCUT2D eigenvalue weighted by molar-refractivity contribution is 0.0389. The molecule has 4 aromatic rings. The first-order chi connectivity index (χ1) is 18.6. The van der Waals surface area contributed by atoms with Gasteiger partial charge in [-0.25, -0.2) is 14.4 Å². The fourth-order valence-corrected chi connectivity index (χ4v) is 6.92. The summed E-state index contributed by atoms with van der Waals surface area (Å²) < 4.78 is 13.3. The first-order valence-electron chi connectivity index (χ1n) is 11.8. The molecule has 0 spiro atoms. The third kappa shape index (κ3) is 7.01. The van der Waals surface area contributed by atoms with Crippen LogP contribution < -0.4 is 0 Å². The Morgan fingerprint density at radius 3 is 1.61 bits per heavy atom. The summed E-state index contributed by atoms with van der Waals surface area (Å²) in [6, 6.07) is 13.9. The van der Waals surface area contributed by atoms with E-state index < -0.39 is 17.9 Å². The van der Waals surface area contributed by atoms with Gasteiger partial charge in [-0.1, -0.05) is 84.5 Å². The van der Waals surface area contributed by atoms with Gasteiger partial charge in [0.15, 0.2) is 5.78 Å². The van der Waals surface area contributed by atoms with E-state index in [0.717, 1.165) is 41.5 Å². The average Bonchev–Trinajstić information content (AvgIpc) is 2.89. The van der Waals surface area contributed by atoms with Crippen molar-refractivity contribution in [2.75, 3.05) is 6.61 Å². The van der Waals surface area contributed by atoms with Gasteiger partial charge in [-0.05, 0) is 61.9 Å². The Bertz CT molecular complexity index is 1620. The minimum absolute atomic E-state index is 0. The predicted molar refractivity (Wildman–Crippen MR) is 176 cm³/mol. The zero-order chi connectivity index (χ0) is 28.4. The smallest absolute Gasteiger partial charge is 0.346 e. The van der Waals surface area contributed by atoms with Crippen molar-refractivity contribution in [1.29, 1.82) is 0 Å². The van der Waals surface area contributed by atoms with Crippen molar-refractivity contribution in [2.45, 2.75) is 34.1 Å². The summed E-state index contributed by atoms with van der Waals surface area (Å²) in [5.74, 6) is -1.68. The molecule has 1 heterocycles. The first-order valence-corrected chi connectivity index (χ1v) is 15.0. The zero-order valence-corrected chi connectivity index (χ0v) is 27.6. The second-order valence-electron chi connectivity index (χ2n) is 8.60. The van der Waals surface area contributed by atoms with Crippen LogP contribution in [0.25, 0.3) is 21.5 Å². The maximum atomic E-state index is 12.4. The first kappa shape index (κ1) is 34.9. The number of Topliss-reactive ketones (excluding diaryl/α,β-unsaturated/α-hetero) is 1. The van der Waals surface area contributed by atoms with Crippen LogP contribution in [0.2, 0.25) is 0 Å². The van der Waals surface area contributed by atoms with Crippen molar-refractivity contribution in [3.05, 3.63) is 88.7 Å². The summed E-state index contributed by atoms with van der Waals surface area (Å²) in [6.07, 6.45) is 1.78. The largest absolute Gasteiger partial charge is 0.462 e. The van der Waals surface area contributed by atoms with Gasteiger partial charge in [-0.3, -0.25) is 4.79 Å². The number of ketones is 1. The van der Waals surface area contributed by atoms with E-state index in [0.29, 0.717) is 39.6 Å². The van der Waals surface area contributed by atoms with Crippen LogP contribution in [0, 0.1) is 0 Å². The Kier molecular flexibility index (Phi) is 12.5. The molecule has 0 saturated carbocycles. The number of ether oxygens (including phenoxy) is 2. The molecule has 5 rings (SSSR count). The molecule has 0 aliphatic carbocycles. The number of benzene rings is 4. The molecule has 1 aliphatic heterocycles. The van der Waals surface area contributed by atoms with Gasteiger partial charge < -0.3 is 9.47 Å². The van der Waals surface area contributed by atoms with E-state index in [4.69, 9.17) is 4.74 Å². The van der Waals surface area contributed by atoms with E-state index in [1.165, 1.54) is 6.92 Å². The maximum Gasteiger partial charge on any atom is 0.346 e. The summed E-state index contributed by atoms with van der Waals surface area (Å²) in [6.45, 7) is 3.92. The molecule has 0 saturated heterocycles. The molecule has 4 aromatic carbocycles. The van der Waals surface area contributed by atoms with Gasteiger partial charge in [0.1, 0.15) is 0 Å². The number of cyclic esters (lactones) is 2. The predicted octanol–water partition coefficient (Wildman–Crippen LogP) is 9.45. The van der Waals surface area contributed by atoms with E-state index in [-0.39, 0.29) is 21.6 Å². The van der Waals surface area contributed by atoms with Crippen LogP contribution in [0.1, 0.15) is 75.5 Å². The lowest BCUT2D eigenvalue weighted by atomic mass is 9.97. The third-order valence-electron chi connectivity index (χ3n) is 6.07. The number of hydrogen-bond acceptors (Lipinski definition) is 6. The highest BCUT2D eigenvalue weighted by Crippen LogP contribution is 2.38. The van der Waals surface area contributed by atoms with Crippen LogP contribution in [-0.4, -0.2) is 38.7 Å². The summed E-state index contributed by atoms with van der Waals surface area (Å²) in [5.41, 5.74) is 1.76. The molecule has 0 aromatic heterocycles. The molecule has 1 aliphatic rings. The Balaban J connectivity index is 0.000000280. The molecule has 0 amide bonds. The van der Waals surface area contributed by atoms with Gasteiger partial charge in [0, 0.05) is 53.4 Å². The van der Waals surface area contributed by atoms with Crippen LogP contribution in [0.3, 0.4) is 0 Å². The molecule has 3 radical (unpaired) electrons. The van der Waals surface area contributed by atoms with E-state index in [1.807, 2.05) is 13.0 Å². The minimum Gasteiger partial charge on any atom is -0.462 e. The number of halogens is 4. The van der Waals surface area contributed by atoms with Crippen LogP contribution >= 0.6 is 63.7 Å². The zero-order valence-electron chi connectivity index (χ0n) is 21.3. The number of unbranched alkanes of at least 4 members (excludes halogenated alkanes) is 1. The SMILES string of the molecule is C.CCCCOC(=O)c1ccc(Br)c2c(Br)ccc(C(C)=O)c12.O=C1OC(=O)c2ccc(Br)c3c(Br)ccc1c23.[B]. The number of rotatable bonds is 5. The fourth-order valence-electron chi connectivity index (χ4n) is 4.21. The number of fused-ring (bicyclic) bond motifs is 1. The highest BCUT2D eigenvalue weighted by atomic mass is 79.9. The monoisotopic (exact) mass is 807 g/mol. The second-order valence-corrected chi connectivity index (χ2v) is 12.0. The van der Waals surface area contributed by atoms with Crippen LogP contribution in [0.5, 0.6) is 0 Å². The highest BCUT2D eigenvalue weighted by Gasteiger charge is 2.28. The summed E-state index contributed by atoms with van der Waals surface area (Å²) in [5, 5.41) is 2.87. The molecule has 0 fully saturated rings. The molecular formula is C30H24BBr4O6. The van der Waals surface area contributed by atoms with E-state index in [2.05, 4.69) is 68.5 Å². The molecule has 0 bridgehead atoms. The van der Waals surface area contributed by atoms with Gasteiger partial charge in [0.2, 0.25) is 0 Å². The van der Waals surface area contributed by atoms with E-state index in [9.17, 15) is 19.2 Å². The second kappa shape index (κ2) is 14.7. The fraction of sp³-hybridized carbons (Fsp3) is 0.200. The van der Waals surface area contributed by atoms with Gasteiger partial charge in [0.05, 0.1) is 23.3 Å². The maximum absolute atomic E-state index is 12.4. The lowest BCUT2D eigenvalue weighted by Gasteiger charge is -2.16. The minimum atomic E-state index is -0.599. The topological polar surface area (TPSA) is 86.7 Å². The number of carbonyl (C=O) groups excluding carboxylic acids is 4. The van der Waals surface area contributed by atoms with Gasteiger partial charge in [0.25, 0.3) is 0 Å². The van der Waals surface area contributed by atoms with Gasteiger partial charge >= 0.3 is 17.9 Å². The Labute approximate surface area is 273 Å². The van der Waals surface area contributed by atoms with Crippen molar-refractivity contribution in [2.24, 2.45) is 0 Å². The van der Waals surface area contributed by atoms with E-state index in [1.54, 1.807) is 42.5 Å². The molecule has 11 heteroatoms. The van der Waals surface area contributed by atoms with Gasteiger partial charge in [-0.15, -0.1) is 0 Å². The number of esters is 3. The highest BCUT2D eigenvalue weighted by molar-refractivity contribution is 9.11. The van der Waals surface area contributed by atoms with Crippen molar-refractivity contribution in [1.82, 2.24) is 0 Å². The van der Waals surface area contributed by atoms with Crippen molar-refractivity contribution >= 4 is 117 Å². The Morgan fingerprint density at radius 1 is 0.707 bits per heavy atom. The third-order valence-corrected chi connectivity index (χ3v) is 8.72. The van der Waals surface area contributed by atoms with Gasteiger partial charge in [-0.2, -0.15) is 0 Å². The van der Waals surface area contributed by atoms with Crippen LogP contribution in [0.4, 0.5) is 0 Å². The number of hydrogen-bond donors (Lipinski definition) is 0. The lowest BCUT2D eigenvalue weighted by Crippen LogP contribution is -2.19. The molecule has 0 unspecified atom stereocenters. The Hall–Kier alpha value is -2.34. The van der Waals surface area contributed by atoms with Crippen molar-refractivity contribution in [3.63, 3.8) is 0 Å². The van der Waals surface area contributed by atoms with E-state index >= 15 is 0 Å². The molecule has 0 atom stereocenters. The molecule has 41 heavy (non-hydrogen) atoms. The quantitative estimate of drug-likeness (QED) is 0.0657. The van der Waals surface area contributed by atoms with Crippen molar-refractivity contribution in [3.8, 4) is 0 Å². The Morgan fingerprint density at radius 2 is 1.15 bits per heavy atom. The molecule has 0 N–H and O–H groups in total.